The van der Waals surface area contributed by atoms with Gasteiger partial charge >= 0.3 is 0 Å². The maximum atomic E-state index is 13.1. The van der Waals surface area contributed by atoms with Gasteiger partial charge in [0.05, 0.1) is 32.5 Å². The number of nitrogens with zero attached hydrogens (tertiary/aromatic N) is 2. The van der Waals surface area contributed by atoms with Crippen LogP contribution in [0.25, 0.3) is 16.3 Å². The van der Waals surface area contributed by atoms with Crippen molar-refractivity contribution in [3.63, 3.8) is 0 Å². The van der Waals surface area contributed by atoms with Gasteiger partial charge in [-0.15, -0.1) is 0 Å². The molecule has 2 aliphatic heterocycles. The van der Waals surface area contributed by atoms with Crippen molar-refractivity contribution in [1.82, 2.24) is 9.62 Å². The lowest BCUT2D eigenvalue weighted by atomic mass is 9.99. The molecule has 0 spiro atoms. The first kappa shape index (κ1) is 28.4. The van der Waals surface area contributed by atoms with Crippen molar-refractivity contribution in [2.24, 2.45) is 0 Å². The molecule has 0 saturated carbocycles. The van der Waals surface area contributed by atoms with Crippen LogP contribution in [0.4, 0.5) is 5.69 Å². The van der Waals surface area contributed by atoms with E-state index in [1.807, 2.05) is 30.3 Å². The molecule has 4 atom stereocenters. The number of nitrogens with one attached hydrogen (secondary N) is 2. The fourth-order valence-corrected chi connectivity index (χ4v) is 6.02. The Morgan fingerprint density at radius 1 is 1.13 bits per heavy atom. The quantitative estimate of drug-likeness (QED) is 0.275. The van der Waals surface area contributed by atoms with E-state index in [9.17, 15) is 29.0 Å². The minimum atomic E-state index is -4.35. The number of hydrogen-bond donors (Lipinski definition) is 5. The van der Waals surface area contributed by atoms with Crippen molar-refractivity contribution in [3.8, 4) is 6.07 Å². The lowest BCUT2D eigenvalue weighted by molar-refractivity contribution is -0.158. The number of aliphatic hydroxyl groups is 3. The number of morpholine rings is 1. The second kappa shape index (κ2) is 12.5. The Labute approximate surface area is 222 Å². The third-order valence-corrected chi connectivity index (χ3v) is 8.51. The summed E-state index contributed by atoms with van der Waals surface area (Å²) in [7, 11) is -4.35. The summed E-state index contributed by atoms with van der Waals surface area (Å²) < 4.78 is 39.0. The van der Waals surface area contributed by atoms with E-state index in [4.69, 9.17) is 9.47 Å². The Kier molecular flexibility index (Phi) is 9.35. The first-order valence-corrected chi connectivity index (χ1v) is 14.0. The van der Waals surface area contributed by atoms with E-state index >= 15 is 0 Å². The van der Waals surface area contributed by atoms with E-state index in [0.29, 0.717) is 5.56 Å². The van der Waals surface area contributed by atoms with Gasteiger partial charge in [-0.05, 0) is 47.0 Å². The van der Waals surface area contributed by atoms with Crippen LogP contribution in [0.3, 0.4) is 0 Å². The molecule has 206 valence electrons. The van der Waals surface area contributed by atoms with Crippen LogP contribution >= 0.6 is 0 Å². The van der Waals surface area contributed by atoms with E-state index in [0.717, 1.165) is 55.9 Å². The smallest absolute Gasteiger partial charge is 0.251 e. The molecule has 2 fully saturated rings. The second-order valence-electron chi connectivity index (χ2n) is 9.49. The Bertz CT molecular complexity index is 1300. The van der Waals surface area contributed by atoms with E-state index in [2.05, 4.69) is 14.9 Å². The average molecular weight is 547 g/mol. The molecule has 5 N–H and O–H groups in total. The molecule has 0 unspecified atom stereocenters. The molecule has 0 bridgehead atoms. The largest absolute Gasteiger partial charge is 0.394 e. The van der Waals surface area contributed by atoms with Gasteiger partial charge in [-0.2, -0.15) is 5.26 Å². The lowest BCUT2D eigenvalue weighted by Crippen LogP contribution is -2.59. The van der Waals surface area contributed by atoms with E-state index < -0.39 is 45.9 Å². The summed E-state index contributed by atoms with van der Waals surface area (Å²) in [6.45, 7) is 5.90. The third-order valence-electron chi connectivity index (χ3n) is 6.96. The highest BCUT2D eigenvalue weighted by Gasteiger charge is 2.40. The van der Waals surface area contributed by atoms with Gasteiger partial charge in [0.25, 0.3) is 10.0 Å². The topological polar surface area (TPSA) is 164 Å². The SMILES string of the molecule is C/C(=C(/C#N)S(=O)(=O)N[C@H]1CO[C@H](CO)[C@@H](O)[C@@H]1O)c1ccc2cc(NCCN3CCOCC3)ccc2c1. The molecule has 2 heterocycles. The maximum absolute atomic E-state index is 13.1. The van der Waals surface area contributed by atoms with Gasteiger partial charge in [-0.3, -0.25) is 4.90 Å². The molecule has 11 nitrogen and oxygen atoms in total. The van der Waals surface area contributed by atoms with Gasteiger partial charge in [-0.25, -0.2) is 13.1 Å². The van der Waals surface area contributed by atoms with Gasteiger partial charge in [0.15, 0.2) is 4.91 Å². The Balaban J connectivity index is 1.47. The Morgan fingerprint density at radius 3 is 2.55 bits per heavy atom. The van der Waals surface area contributed by atoms with E-state index in [1.54, 1.807) is 19.1 Å². The summed E-state index contributed by atoms with van der Waals surface area (Å²) in [5.74, 6) is 0. The summed E-state index contributed by atoms with van der Waals surface area (Å²) in [6, 6.07) is 12.0. The molecule has 0 aliphatic carbocycles. The number of sulfonamides is 1. The van der Waals surface area contributed by atoms with Crippen LogP contribution in [0.15, 0.2) is 41.3 Å². The van der Waals surface area contributed by atoms with Crippen molar-refractivity contribution in [1.29, 1.82) is 5.26 Å². The summed E-state index contributed by atoms with van der Waals surface area (Å²) >= 11 is 0. The van der Waals surface area contributed by atoms with Crippen LogP contribution in [0.5, 0.6) is 0 Å². The third kappa shape index (κ3) is 6.51. The number of benzene rings is 2. The van der Waals surface area contributed by atoms with Crippen LogP contribution in [-0.4, -0.2) is 106 Å². The Hall–Kier alpha value is -2.60. The first-order valence-electron chi connectivity index (χ1n) is 12.5. The molecule has 0 radical (unpaired) electrons. The molecular formula is C26H34N4O7S. The van der Waals surface area contributed by atoms with Crippen molar-refractivity contribution < 1.29 is 33.2 Å². The zero-order chi connectivity index (χ0) is 27.3. The van der Waals surface area contributed by atoms with Crippen LogP contribution in [0.2, 0.25) is 0 Å². The Morgan fingerprint density at radius 2 is 1.84 bits per heavy atom. The first-order chi connectivity index (χ1) is 18.2. The summed E-state index contributed by atoms with van der Waals surface area (Å²) in [6.07, 6.45) is -4.00. The molecular weight excluding hydrogens is 512 g/mol. The number of aliphatic hydroxyl groups excluding tert-OH is 3. The second-order valence-corrected chi connectivity index (χ2v) is 11.1. The molecule has 12 heteroatoms. The summed E-state index contributed by atoms with van der Waals surface area (Å²) in [5.41, 5.74) is 1.79. The maximum Gasteiger partial charge on any atom is 0.251 e. The van der Waals surface area contributed by atoms with Gasteiger partial charge in [0, 0.05) is 31.9 Å². The average Bonchev–Trinajstić information content (AvgIpc) is 2.92. The monoisotopic (exact) mass is 546 g/mol. The predicted octanol–water partition coefficient (Wildman–Crippen LogP) is 0.239. The highest BCUT2D eigenvalue weighted by atomic mass is 32.2. The molecule has 4 rings (SSSR count). The standard InChI is InChI=1S/C26H34N4O7S/c1-17(24(14-27)38(34,35)29-22-16-37-23(15-31)26(33)25(22)32)18-2-3-20-13-21(5-4-19(20)12-18)28-6-7-30-8-10-36-11-9-30/h2-5,12-13,22-23,25-26,28-29,31-33H,6-11,15-16H2,1H3/b24-17+/t22-,23+,25+,26+/m0/s1. The molecule has 2 saturated heterocycles. The summed E-state index contributed by atoms with van der Waals surface area (Å²) in [4.78, 5) is 1.86. The molecule has 2 aromatic carbocycles. The molecule has 2 aliphatic rings. The number of nitriles is 1. The number of ether oxygens (including phenoxy) is 2. The predicted molar refractivity (Wildman–Crippen MR) is 143 cm³/mol. The fraction of sp³-hybridized carbons (Fsp3) is 0.500. The number of anilines is 1. The van der Waals surface area contributed by atoms with E-state index in [-0.39, 0.29) is 12.2 Å². The van der Waals surface area contributed by atoms with Crippen LogP contribution in [0, 0.1) is 11.3 Å². The van der Waals surface area contributed by atoms with E-state index in [1.165, 1.54) is 0 Å². The van der Waals surface area contributed by atoms with Crippen LogP contribution in [0.1, 0.15) is 12.5 Å². The minimum Gasteiger partial charge on any atom is -0.394 e. The van der Waals surface area contributed by atoms with Gasteiger partial charge in [-0.1, -0.05) is 18.2 Å². The molecule has 0 aromatic heterocycles. The zero-order valence-corrected chi connectivity index (χ0v) is 22.0. The zero-order valence-electron chi connectivity index (χ0n) is 21.2. The molecule has 2 aromatic rings. The molecule has 0 amide bonds. The van der Waals surface area contributed by atoms with Gasteiger partial charge in [0.2, 0.25) is 0 Å². The van der Waals surface area contributed by atoms with Crippen LogP contribution < -0.4 is 10.0 Å². The van der Waals surface area contributed by atoms with Crippen LogP contribution in [-0.2, 0) is 19.5 Å². The lowest BCUT2D eigenvalue weighted by Gasteiger charge is -2.36. The molecule has 38 heavy (non-hydrogen) atoms. The number of allylic oxidation sites excluding steroid dienone is 2. The van der Waals surface area contributed by atoms with Gasteiger partial charge < -0.3 is 30.1 Å². The van der Waals surface area contributed by atoms with Gasteiger partial charge in [0.1, 0.15) is 24.4 Å². The normalized spacial score (nSPS) is 25.6. The highest BCUT2D eigenvalue weighted by molar-refractivity contribution is 7.93. The number of rotatable bonds is 9. The number of hydrogen-bond acceptors (Lipinski definition) is 10. The van der Waals surface area contributed by atoms with Crippen molar-refractivity contribution in [3.05, 3.63) is 46.9 Å². The highest BCUT2D eigenvalue weighted by Crippen LogP contribution is 2.27. The number of fused-ring (bicyclic) bond motifs is 1. The summed E-state index contributed by atoms with van der Waals surface area (Å²) in [5, 5.41) is 44.6. The fourth-order valence-electron chi connectivity index (χ4n) is 4.65. The van der Waals surface area contributed by atoms with Crippen molar-refractivity contribution in [2.75, 3.05) is 57.9 Å². The van der Waals surface area contributed by atoms with Crippen molar-refractivity contribution in [2.45, 2.75) is 31.3 Å². The van der Waals surface area contributed by atoms with Crippen molar-refractivity contribution >= 4 is 32.1 Å². The minimum absolute atomic E-state index is 0.245.